The van der Waals surface area contributed by atoms with Crippen LogP contribution in [-0.4, -0.2) is 0 Å². The maximum atomic E-state index is 6.49. The van der Waals surface area contributed by atoms with Crippen LogP contribution in [0.15, 0.2) is 28.7 Å². The number of rotatable bonds is 14. The lowest BCUT2D eigenvalue weighted by Crippen LogP contribution is -1.93. The van der Waals surface area contributed by atoms with E-state index in [1.54, 1.807) is 0 Å². The number of hydrogen-bond donors (Lipinski definition) is 0. The molecule has 0 aliphatic rings. The van der Waals surface area contributed by atoms with Gasteiger partial charge in [-0.3, -0.25) is 0 Å². The summed E-state index contributed by atoms with van der Waals surface area (Å²) in [5.74, 6) is 0. The smallest absolute Gasteiger partial charge is 0.138 e. The first kappa shape index (κ1) is 23.9. The van der Waals surface area contributed by atoms with Crippen LogP contribution in [0.1, 0.15) is 113 Å². The highest BCUT2D eigenvalue weighted by atomic mass is 16.3. The van der Waals surface area contributed by atoms with Gasteiger partial charge in [0.05, 0.1) is 0 Å². The van der Waals surface area contributed by atoms with Crippen LogP contribution < -0.4 is 0 Å². The average molecular weight is 421 g/mol. The van der Waals surface area contributed by atoms with Gasteiger partial charge in [-0.15, -0.1) is 0 Å². The molecule has 0 radical (unpaired) electrons. The Balaban J connectivity index is 1.79. The Morgan fingerprint density at radius 2 is 1.16 bits per heavy atom. The fourth-order valence-corrected chi connectivity index (χ4v) is 5.00. The highest BCUT2D eigenvalue weighted by Crippen LogP contribution is 2.35. The van der Waals surface area contributed by atoms with Gasteiger partial charge in [0.25, 0.3) is 0 Å². The molecule has 0 N–H and O–H groups in total. The van der Waals surface area contributed by atoms with Crippen molar-refractivity contribution in [3.8, 4) is 0 Å². The Labute approximate surface area is 190 Å². The van der Waals surface area contributed by atoms with E-state index in [1.807, 2.05) is 0 Å². The molecule has 0 aliphatic heterocycles. The van der Waals surface area contributed by atoms with Crippen LogP contribution in [0.25, 0.3) is 21.9 Å². The van der Waals surface area contributed by atoms with Crippen molar-refractivity contribution >= 4 is 21.9 Å². The maximum absolute atomic E-state index is 6.49. The molecule has 1 aromatic heterocycles. The molecule has 0 aliphatic carbocycles. The first-order valence-electron chi connectivity index (χ1n) is 13.1. The summed E-state index contributed by atoms with van der Waals surface area (Å²) in [6.45, 7) is 8.96. The van der Waals surface area contributed by atoms with Crippen molar-refractivity contribution in [2.24, 2.45) is 0 Å². The Morgan fingerprint density at radius 1 is 0.581 bits per heavy atom. The number of aryl methyl sites for hydroxylation is 4. The maximum Gasteiger partial charge on any atom is 0.138 e. The summed E-state index contributed by atoms with van der Waals surface area (Å²) in [7, 11) is 0. The summed E-state index contributed by atoms with van der Waals surface area (Å²) in [6.07, 6.45) is 18.5. The summed E-state index contributed by atoms with van der Waals surface area (Å²) in [5.41, 5.74) is 7.75. The largest absolute Gasteiger partial charge is 0.455 e. The summed E-state index contributed by atoms with van der Waals surface area (Å²) < 4.78 is 6.49. The number of hydrogen-bond acceptors (Lipinski definition) is 1. The average Bonchev–Trinajstić information content (AvgIpc) is 3.12. The van der Waals surface area contributed by atoms with Crippen LogP contribution >= 0.6 is 0 Å². The van der Waals surface area contributed by atoms with Crippen molar-refractivity contribution in [2.45, 2.75) is 118 Å². The molecule has 1 heteroatoms. The van der Waals surface area contributed by atoms with Crippen molar-refractivity contribution in [3.05, 3.63) is 46.5 Å². The van der Waals surface area contributed by atoms with E-state index in [1.165, 1.54) is 116 Å². The fraction of sp³-hybridized carbons (Fsp3) is 0.600. The van der Waals surface area contributed by atoms with Gasteiger partial charge < -0.3 is 4.42 Å². The molecule has 31 heavy (non-hydrogen) atoms. The van der Waals surface area contributed by atoms with Gasteiger partial charge in [0.1, 0.15) is 11.2 Å². The van der Waals surface area contributed by atoms with Crippen LogP contribution in [0.2, 0.25) is 0 Å². The molecule has 1 heterocycles. The molecule has 2 aromatic carbocycles. The molecule has 0 saturated carbocycles. The highest BCUT2D eigenvalue weighted by molar-refractivity contribution is 6.07. The minimum absolute atomic E-state index is 1.08. The van der Waals surface area contributed by atoms with Gasteiger partial charge in [0.15, 0.2) is 0 Å². The second-order valence-corrected chi connectivity index (χ2v) is 9.73. The minimum Gasteiger partial charge on any atom is -0.455 e. The van der Waals surface area contributed by atoms with Crippen LogP contribution in [0.4, 0.5) is 0 Å². The molecular formula is C30H44O. The van der Waals surface area contributed by atoms with Gasteiger partial charge in [-0.1, -0.05) is 90.2 Å². The lowest BCUT2D eigenvalue weighted by atomic mass is 9.96. The number of benzene rings is 2. The molecule has 0 saturated heterocycles. The molecule has 0 amide bonds. The van der Waals surface area contributed by atoms with E-state index < -0.39 is 0 Å². The van der Waals surface area contributed by atoms with E-state index in [9.17, 15) is 0 Å². The fourth-order valence-electron chi connectivity index (χ4n) is 5.00. The van der Waals surface area contributed by atoms with Crippen LogP contribution in [-0.2, 0) is 12.8 Å². The molecule has 0 fully saturated rings. The zero-order valence-electron chi connectivity index (χ0n) is 20.6. The summed E-state index contributed by atoms with van der Waals surface area (Å²) in [4.78, 5) is 0. The second kappa shape index (κ2) is 12.3. The van der Waals surface area contributed by atoms with Gasteiger partial charge in [-0.2, -0.15) is 0 Å². The predicted molar refractivity (Wildman–Crippen MR) is 137 cm³/mol. The molecule has 170 valence electrons. The van der Waals surface area contributed by atoms with Crippen molar-refractivity contribution in [2.75, 3.05) is 0 Å². The number of fused-ring (bicyclic) bond motifs is 3. The van der Waals surface area contributed by atoms with Crippen LogP contribution in [0.5, 0.6) is 0 Å². The van der Waals surface area contributed by atoms with Gasteiger partial charge >= 0.3 is 0 Å². The van der Waals surface area contributed by atoms with Crippen LogP contribution in [0, 0.1) is 13.8 Å². The quantitative estimate of drug-likeness (QED) is 0.236. The first-order chi connectivity index (χ1) is 15.1. The molecule has 1 nitrogen and oxygen atoms in total. The zero-order chi connectivity index (χ0) is 22.1. The Kier molecular flexibility index (Phi) is 9.50. The predicted octanol–water partition coefficient (Wildman–Crippen LogP) is 10.0. The molecule has 0 bridgehead atoms. The van der Waals surface area contributed by atoms with Crippen LogP contribution in [0.3, 0.4) is 0 Å². The standard InChI is InChI=1S/C30H44O/c1-5-7-9-11-13-15-17-25-21-26(18-16-14-12-10-8-6-2)30-28(22-25)27-20-23(3)19-24(4)29(27)31-30/h19-22H,5-18H2,1-4H3. The highest BCUT2D eigenvalue weighted by Gasteiger charge is 2.15. The molecule has 0 atom stereocenters. The third-order valence-electron chi connectivity index (χ3n) is 6.76. The molecule has 0 spiro atoms. The normalized spacial score (nSPS) is 11.7. The molecule has 3 aromatic rings. The summed E-state index contributed by atoms with van der Waals surface area (Å²) in [5, 5.41) is 2.65. The number of furan rings is 1. The minimum atomic E-state index is 1.08. The van der Waals surface area contributed by atoms with Crippen molar-refractivity contribution in [1.82, 2.24) is 0 Å². The van der Waals surface area contributed by atoms with Gasteiger partial charge in [0, 0.05) is 10.8 Å². The van der Waals surface area contributed by atoms with Gasteiger partial charge in [0.2, 0.25) is 0 Å². The third kappa shape index (κ3) is 6.61. The van der Waals surface area contributed by atoms with Gasteiger partial charge in [-0.25, -0.2) is 0 Å². The summed E-state index contributed by atoms with van der Waals surface area (Å²) >= 11 is 0. The monoisotopic (exact) mass is 420 g/mol. The van der Waals surface area contributed by atoms with E-state index in [4.69, 9.17) is 4.42 Å². The van der Waals surface area contributed by atoms with E-state index in [2.05, 4.69) is 52.0 Å². The Morgan fingerprint density at radius 3 is 1.84 bits per heavy atom. The lowest BCUT2D eigenvalue weighted by molar-refractivity contribution is 0.601. The second-order valence-electron chi connectivity index (χ2n) is 9.73. The zero-order valence-corrected chi connectivity index (χ0v) is 20.6. The van der Waals surface area contributed by atoms with E-state index in [0.717, 1.165) is 17.6 Å². The third-order valence-corrected chi connectivity index (χ3v) is 6.76. The van der Waals surface area contributed by atoms with Crippen molar-refractivity contribution in [1.29, 1.82) is 0 Å². The SMILES string of the molecule is CCCCCCCCc1cc(CCCCCCCC)c2oc3c(C)cc(C)cc3c2c1. The summed E-state index contributed by atoms with van der Waals surface area (Å²) in [6, 6.07) is 9.45. The van der Waals surface area contributed by atoms with E-state index in [0.29, 0.717) is 0 Å². The topological polar surface area (TPSA) is 13.1 Å². The molecular weight excluding hydrogens is 376 g/mol. The van der Waals surface area contributed by atoms with E-state index in [-0.39, 0.29) is 0 Å². The number of unbranched alkanes of at least 4 members (excludes halogenated alkanes) is 10. The molecule has 0 unspecified atom stereocenters. The van der Waals surface area contributed by atoms with Crippen molar-refractivity contribution < 1.29 is 4.42 Å². The molecule has 3 rings (SSSR count). The van der Waals surface area contributed by atoms with E-state index >= 15 is 0 Å². The Hall–Kier alpha value is -1.76. The van der Waals surface area contributed by atoms with Gasteiger partial charge in [-0.05, 0) is 73.9 Å². The first-order valence-corrected chi connectivity index (χ1v) is 13.1. The lowest BCUT2D eigenvalue weighted by Gasteiger charge is -2.08. The van der Waals surface area contributed by atoms with Crippen molar-refractivity contribution in [3.63, 3.8) is 0 Å². The Bertz CT molecular complexity index is 946.